The molecule has 0 bridgehead atoms. The molecular weight excluding hydrogens is 292 g/mol. The summed E-state index contributed by atoms with van der Waals surface area (Å²) < 4.78 is 0. The van der Waals surface area contributed by atoms with E-state index in [2.05, 4.69) is 20.5 Å². The van der Waals surface area contributed by atoms with E-state index in [1.165, 1.54) is 0 Å². The summed E-state index contributed by atoms with van der Waals surface area (Å²) in [6, 6.07) is 5.29. The fourth-order valence-corrected chi connectivity index (χ4v) is 3.13. The Bertz CT molecular complexity index is 694. The molecule has 1 aromatic heterocycles. The third kappa shape index (κ3) is 3.36. The van der Waals surface area contributed by atoms with Gasteiger partial charge in [-0.3, -0.25) is 9.59 Å². The Labute approximate surface area is 135 Å². The lowest BCUT2D eigenvalue weighted by Crippen LogP contribution is -2.25. The van der Waals surface area contributed by atoms with Gasteiger partial charge in [0.05, 0.1) is 6.04 Å². The van der Waals surface area contributed by atoms with Crippen molar-refractivity contribution in [3.05, 3.63) is 40.7 Å². The standard InChI is InChI=1S/C17H20N4O2/c1-2-18-17(23)14-9-5-6-11(19-14)10-15-12-7-3-4-8-13(12)16(22)21-20-15/h5-6,9,15H,2-4,7-8,10H2,1H3,(H,18,23). The number of hydrogen-bond acceptors (Lipinski definition) is 4. The van der Waals surface area contributed by atoms with Crippen molar-refractivity contribution in [1.82, 2.24) is 10.3 Å². The van der Waals surface area contributed by atoms with Crippen LogP contribution in [0, 0.1) is 0 Å². The molecule has 6 nitrogen and oxygen atoms in total. The maximum atomic E-state index is 11.9. The first-order valence-corrected chi connectivity index (χ1v) is 8.10. The number of azo groups is 1. The number of carbonyl (C=O) groups excluding carboxylic acids is 2. The van der Waals surface area contributed by atoms with Crippen molar-refractivity contribution in [2.75, 3.05) is 6.54 Å². The third-order valence-electron chi connectivity index (χ3n) is 4.24. The molecule has 23 heavy (non-hydrogen) atoms. The van der Waals surface area contributed by atoms with Gasteiger partial charge in [0.2, 0.25) is 0 Å². The number of amides is 2. The molecule has 0 radical (unpaired) electrons. The van der Waals surface area contributed by atoms with Crippen LogP contribution in [0.4, 0.5) is 0 Å². The van der Waals surface area contributed by atoms with Gasteiger partial charge in [0, 0.05) is 24.2 Å². The van der Waals surface area contributed by atoms with Crippen molar-refractivity contribution in [2.45, 2.75) is 45.1 Å². The van der Waals surface area contributed by atoms with E-state index in [0.717, 1.165) is 42.5 Å². The Kier molecular flexibility index (Phi) is 4.60. The van der Waals surface area contributed by atoms with Crippen LogP contribution >= 0.6 is 0 Å². The number of carbonyl (C=O) groups is 2. The summed E-state index contributed by atoms with van der Waals surface area (Å²) in [6.07, 6.45) is 4.40. The van der Waals surface area contributed by atoms with E-state index >= 15 is 0 Å². The largest absolute Gasteiger partial charge is 0.351 e. The first-order chi connectivity index (χ1) is 11.2. The van der Waals surface area contributed by atoms with Crippen LogP contribution in [0.5, 0.6) is 0 Å². The minimum absolute atomic E-state index is 0.125. The van der Waals surface area contributed by atoms with E-state index in [-0.39, 0.29) is 17.9 Å². The second-order valence-corrected chi connectivity index (χ2v) is 5.83. The molecular formula is C17H20N4O2. The summed E-state index contributed by atoms with van der Waals surface area (Å²) in [5, 5.41) is 10.7. The Balaban J connectivity index is 1.80. The summed E-state index contributed by atoms with van der Waals surface area (Å²) in [5.74, 6) is -0.354. The second-order valence-electron chi connectivity index (χ2n) is 5.83. The molecule has 0 saturated carbocycles. The van der Waals surface area contributed by atoms with Crippen LogP contribution in [0.2, 0.25) is 0 Å². The zero-order chi connectivity index (χ0) is 16.2. The molecule has 1 aliphatic heterocycles. The highest BCUT2D eigenvalue weighted by Gasteiger charge is 2.29. The fourth-order valence-electron chi connectivity index (χ4n) is 3.13. The number of nitrogens with zero attached hydrogens (tertiary/aromatic N) is 3. The van der Waals surface area contributed by atoms with Crippen LogP contribution in [-0.2, 0) is 11.2 Å². The molecule has 1 N–H and O–H groups in total. The molecule has 1 aliphatic carbocycles. The lowest BCUT2D eigenvalue weighted by molar-refractivity contribution is -0.115. The third-order valence-corrected chi connectivity index (χ3v) is 4.24. The summed E-state index contributed by atoms with van der Waals surface area (Å²) in [4.78, 5) is 28.2. The highest BCUT2D eigenvalue weighted by atomic mass is 16.2. The van der Waals surface area contributed by atoms with Gasteiger partial charge >= 0.3 is 0 Å². The summed E-state index contributed by atoms with van der Waals surface area (Å²) in [5.41, 5.74) is 3.16. The lowest BCUT2D eigenvalue weighted by Gasteiger charge is -2.25. The zero-order valence-corrected chi connectivity index (χ0v) is 13.2. The molecule has 2 heterocycles. The molecule has 1 aromatic rings. The minimum atomic E-state index is -0.181. The first-order valence-electron chi connectivity index (χ1n) is 8.10. The number of aromatic nitrogens is 1. The van der Waals surface area contributed by atoms with E-state index in [4.69, 9.17) is 0 Å². The normalized spacial score (nSPS) is 20.4. The molecule has 0 fully saturated rings. The van der Waals surface area contributed by atoms with Crippen molar-refractivity contribution in [1.29, 1.82) is 0 Å². The van der Waals surface area contributed by atoms with Crippen molar-refractivity contribution in [3.63, 3.8) is 0 Å². The predicted molar refractivity (Wildman–Crippen MR) is 85.1 cm³/mol. The van der Waals surface area contributed by atoms with Crippen LogP contribution in [0.3, 0.4) is 0 Å². The molecule has 1 unspecified atom stereocenters. The number of hydrogen-bond donors (Lipinski definition) is 1. The Morgan fingerprint density at radius 3 is 2.96 bits per heavy atom. The summed E-state index contributed by atoms with van der Waals surface area (Å²) in [6.45, 7) is 2.44. The van der Waals surface area contributed by atoms with Gasteiger partial charge in [-0.1, -0.05) is 6.07 Å². The molecule has 2 amide bonds. The van der Waals surface area contributed by atoms with Crippen LogP contribution in [-0.4, -0.2) is 29.4 Å². The minimum Gasteiger partial charge on any atom is -0.351 e. The second kappa shape index (κ2) is 6.81. The maximum Gasteiger partial charge on any atom is 0.291 e. The topological polar surface area (TPSA) is 83.8 Å². The SMILES string of the molecule is CCNC(=O)c1cccc(CC2N=NC(=O)C3=C2CCCC3)n1. The predicted octanol–water partition coefficient (Wildman–Crippen LogP) is 2.61. The quantitative estimate of drug-likeness (QED) is 0.927. The number of pyridine rings is 1. The average Bonchev–Trinajstić information content (AvgIpc) is 2.58. The molecule has 3 rings (SSSR count). The average molecular weight is 312 g/mol. The molecule has 6 heteroatoms. The van der Waals surface area contributed by atoms with Gasteiger partial charge in [-0.2, -0.15) is 5.11 Å². The molecule has 0 saturated heterocycles. The first kappa shape index (κ1) is 15.5. The van der Waals surface area contributed by atoms with Crippen molar-refractivity contribution >= 4 is 11.8 Å². The smallest absolute Gasteiger partial charge is 0.291 e. The summed E-state index contributed by atoms with van der Waals surface area (Å²) >= 11 is 0. The number of rotatable bonds is 4. The lowest BCUT2D eigenvalue weighted by atomic mass is 9.85. The van der Waals surface area contributed by atoms with E-state index < -0.39 is 0 Å². The highest BCUT2D eigenvalue weighted by Crippen LogP contribution is 2.33. The highest BCUT2D eigenvalue weighted by molar-refractivity contribution is 5.95. The number of nitrogens with one attached hydrogen (secondary N) is 1. The van der Waals surface area contributed by atoms with Crippen molar-refractivity contribution < 1.29 is 9.59 Å². The Hall–Kier alpha value is -2.37. The summed E-state index contributed by atoms with van der Waals surface area (Å²) in [7, 11) is 0. The van der Waals surface area contributed by atoms with Gasteiger partial charge in [0.15, 0.2) is 0 Å². The van der Waals surface area contributed by atoms with Gasteiger partial charge < -0.3 is 5.32 Å². The van der Waals surface area contributed by atoms with Gasteiger partial charge in [-0.05, 0) is 50.3 Å². The maximum absolute atomic E-state index is 11.9. The van der Waals surface area contributed by atoms with Crippen LogP contribution < -0.4 is 5.32 Å². The molecule has 1 atom stereocenters. The van der Waals surface area contributed by atoms with Gasteiger partial charge in [-0.25, -0.2) is 4.98 Å². The molecule has 0 aromatic carbocycles. The molecule has 120 valence electrons. The fraction of sp³-hybridized carbons (Fsp3) is 0.471. The Morgan fingerprint density at radius 1 is 1.30 bits per heavy atom. The van der Waals surface area contributed by atoms with Gasteiger partial charge in [0.1, 0.15) is 5.69 Å². The van der Waals surface area contributed by atoms with Gasteiger partial charge in [-0.15, -0.1) is 5.11 Å². The van der Waals surface area contributed by atoms with E-state index in [1.54, 1.807) is 6.07 Å². The molecule has 0 spiro atoms. The van der Waals surface area contributed by atoms with Crippen molar-refractivity contribution in [2.24, 2.45) is 10.2 Å². The van der Waals surface area contributed by atoms with E-state index in [1.807, 2.05) is 19.1 Å². The van der Waals surface area contributed by atoms with Crippen LogP contribution in [0.25, 0.3) is 0 Å². The van der Waals surface area contributed by atoms with E-state index in [0.29, 0.717) is 18.7 Å². The Morgan fingerprint density at radius 2 is 2.13 bits per heavy atom. The monoisotopic (exact) mass is 312 g/mol. The molecule has 2 aliphatic rings. The van der Waals surface area contributed by atoms with E-state index in [9.17, 15) is 9.59 Å². The van der Waals surface area contributed by atoms with Crippen LogP contribution in [0.1, 0.15) is 48.8 Å². The van der Waals surface area contributed by atoms with Gasteiger partial charge in [0.25, 0.3) is 11.8 Å². The van der Waals surface area contributed by atoms with Crippen molar-refractivity contribution in [3.8, 4) is 0 Å². The van der Waals surface area contributed by atoms with Crippen LogP contribution in [0.15, 0.2) is 39.6 Å². The zero-order valence-electron chi connectivity index (χ0n) is 13.2.